The third-order valence-corrected chi connectivity index (χ3v) is 6.00. The first-order chi connectivity index (χ1) is 15.3. The van der Waals surface area contributed by atoms with Crippen LogP contribution in [0.1, 0.15) is 18.1 Å². The van der Waals surface area contributed by atoms with E-state index in [9.17, 15) is 14.4 Å². The summed E-state index contributed by atoms with van der Waals surface area (Å²) in [5.41, 5.74) is 1.27. The van der Waals surface area contributed by atoms with Gasteiger partial charge in [-0.05, 0) is 54.6 Å². The van der Waals surface area contributed by atoms with Gasteiger partial charge in [-0.3, -0.25) is 19.3 Å². The van der Waals surface area contributed by atoms with Gasteiger partial charge in [-0.15, -0.1) is 0 Å². The van der Waals surface area contributed by atoms with Crippen LogP contribution in [0.4, 0.5) is 4.79 Å². The summed E-state index contributed by atoms with van der Waals surface area (Å²) in [6, 6.07) is 10.3. The summed E-state index contributed by atoms with van der Waals surface area (Å²) >= 11 is 13.1. The molecule has 7 nitrogen and oxygen atoms in total. The van der Waals surface area contributed by atoms with Crippen LogP contribution in [-0.4, -0.2) is 42.3 Å². The fourth-order valence-electron chi connectivity index (χ4n) is 2.84. The fourth-order valence-corrected chi connectivity index (χ4v) is 4.18. The second kappa shape index (κ2) is 10.8. The van der Waals surface area contributed by atoms with Gasteiger partial charge >= 0.3 is 5.97 Å². The van der Waals surface area contributed by atoms with E-state index in [1.807, 2.05) is 0 Å². The molecule has 0 spiro atoms. The number of carbonyl (C=O) groups excluding carboxylic acids is 3. The van der Waals surface area contributed by atoms with E-state index in [4.69, 9.17) is 37.4 Å². The standard InChI is InChI=1S/C22H19Cl2NO6S/c1-3-30-20(26)11-25-21(27)19(32-22(25)28)10-13-7-8-17(18(9-13)29-2)31-12-14-15(23)5-4-6-16(14)24/h4-10H,3,11-12H2,1-2H3/b19-10-. The number of rotatable bonds is 8. The number of methoxy groups -OCH3 is 1. The summed E-state index contributed by atoms with van der Waals surface area (Å²) in [6.07, 6.45) is 1.55. The monoisotopic (exact) mass is 495 g/mol. The van der Waals surface area contributed by atoms with Crippen molar-refractivity contribution in [1.29, 1.82) is 0 Å². The second-order valence-electron chi connectivity index (χ2n) is 6.47. The van der Waals surface area contributed by atoms with Gasteiger partial charge in [0.05, 0.1) is 18.6 Å². The zero-order valence-corrected chi connectivity index (χ0v) is 19.6. The molecular formula is C22H19Cl2NO6S. The minimum atomic E-state index is -0.641. The molecule has 168 valence electrons. The van der Waals surface area contributed by atoms with Gasteiger partial charge in [0.2, 0.25) is 0 Å². The lowest BCUT2D eigenvalue weighted by Gasteiger charge is -2.13. The normalized spacial score (nSPS) is 14.8. The molecule has 0 unspecified atom stereocenters. The number of esters is 1. The summed E-state index contributed by atoms with van der Waals surface area (Å²) in [5, 5.41) is 0.455. The van der Waals surface area contributed by atoms with Gasteiger partial charge in [0, 0.05) is 15.6 Å². The summed E-state index contributed by atoms with van der Waals surface area (Å²) in [6.45, 7) is 1.54. The average molecular weight is 496 g/mol. The molecule has 2 amide bonds. The molecule has 1 saturated heterocycles. The fraction of sp³-hybridized carbons (Fsp3) is 0.227. The van der Waals surface area contributed by atoms with E-state index in [0.29, 0.717) is 32.7 Å². The molecule has 3 rings (SSSR count). The van der Waals surface area contributed by atoms with Crippen LogP contribution in [0.15, 0.2) is 41.3 Å². The Bertz CT molecular complexity index is 1070. The number of imide groups is 1. The van der Waals surface area contributed by atoms with Crippen molar-refractivity contribution in [3.05, 3.63) is 62.5 Å². The van der Waals surface area contributed by atoms with Gasteiger partial charge < -0.3 is 14.2 Å². The van der Waals surface area contributed by atoms with Crippen molar-refractivity contribution < 1.29 is 28.6 Å². The van der Waals surface area contributed by atoms with Crippen molar-refractivity contribution in [3.63, 3.8) is 0 Å². The number of hydrogen-bond acceptors (Lipinski definition) is 7. The number of halogens is 2. The van der Waals surface area contributed by atoms with Gasteiger partial charge in [-0.2, -0.15) is 0 Å². The van der Waals surface area contributed by atoms with E-state index < -0.39 is 23.7 Å². The Morgan fingerprint density at radius 1 is 1.12 bits per heavy atom. The molecule has 0 radical (unpaired) electrons. The molecule has 0 bridgehead atoms. The lowest BCUT2D eigenvalue weighted by Crippen LogP contribution is -2.34. The first kappa shape index (κ1) is 24.0. The van der Waals surface area contributed by atoms with Crippen molar-refractivity contribution in [2.24, 2.45) is 0 Å². The molecule has 1 aliphatic rings. The quantitative estimate of drug-likeness (QED) is 0.368. The average Bonchev–Trinajstić information content (AvgIpc) is 3.01. The van der Waals surface area contributed by atoms with Crippen molar-refractivity contribution in [3.8, 4) is 11.5 Å². The molecule has 1 fully saturated rings. The Morgan fingerprint density at radius 2 is 1.84 bits per heavy atom. The third kappa shape index (κ3) is 5.56. The van der Waals surface area contributed by atoms with Crippen molar-refractivity contribution in [2.45, 2.75) is 13.5 Å². The molecule has 2 aromatic carbocycles. The van der Waals surface area contributed by atoms with Crippen LogP contribution in [-0.2, 0) is 20.9 Å². The minimum absolute atomic E-state index is 0.140. The highest BCUT2D eigenvalue weighted by atomic mass is 35.5. The molecule has 1 heterocycles. The van der Waals surface area contributed by atoms with Crippen LogP contribution >= 0.6 is 35.0 Å². The SMILES string of the molecule is CCOC(=O)CN1C(=O)S/C(=C\c2ccc(OCc3c(Cl)cccc3Cl)c(OC)c2)C1=O. The Balaban J connectivity index is 1.75. The van der Waals surface area contributed by atoms with Crippen LogP contribution in [0.25, 0.3) is 6.08 Å². The van der Waals surface area contributed by atoms with E-state index in [0.717, 1.165) is 16.7 Å². The number of carbonyl (C=O) groups is 3. The van der Waals surface area contributed by atoms with Gasteiger partial charge in [-0.25, -0.2) is 0 Å². The lowest BCUT2D eigenvalue weighted by atomic mass is 10.1. The zero-order chi connectivity index (χ0) is 23.3. The van der Waals surface area contributed by atoms with Crippen LogP contribution in [0.3, 0.4) is 0 Å². The van der Waals surface area contributed by atoms with E-state index in [-0.39, 0.29) is 18.1 Å². The zero-order valence-electron chi connectivity index (χ0n) is 17.2. The predicted octanol–water partition coefficient (Wildman–Crippen LogP) is 5.18. The maximum Gasteiger partial charge on any atom is 0.326 e. The number of benzene rings is 2. The topological polar surface area (TPSA) is 82.1 Å². The number of thioether (sulfide) groups is 1. The first-order valence-electron chi connectivity index (χ1n) is 9.48. The van der Waals surface area contributed by atoms with Crippen LogP contribution in [0, 0.1) is 0 Å². The van der Waals surface area contributed by atoms with Gasteiger partial charge in [0.25, 0.3) is 11.1 Å². The maximum atomic E-state index is 12.5. The summed E-state index contributed by atoms with van der Waals surface area (Å²) in [7, 11) is 1.49. The molecular weight excluding hydrogens is 477 g/mol. The van der Waals surface area contributed by atoms with Gasteiger partial charge in [0.15, 0.2) is 11.5 Å². The molecule has 0 aliphatic carbocycles. The molecule has 0 atom stereocenters. The number of nitrogens with zero attached hydrogens (tertiary/aromatic N) is 1. The largest absolute Gasteiger partial charge is 0.493 e. The summed E-state index contributed by atoms with van der Waals surface area (Å²) in [5.74, 6) is -0.317. The summed E-state index contributed by atoms with van der Waals surface area (Å²) < 4.78 is 16.0. The highest BCUT2D eigenvalue weighted by molar-refractivity contribution is 8.18. The minimum Gasteiger partial charge on any atom is -0.493 e. The molecule has 1 aliphatic heterocycles. The van der Waals surface area contributed by atoms with Crippen molar-refractivity contribution in [2.75, 3.05) is 20.3 Å². The van der Waals surface area contributed by atoms with E-state index >= 15 is 0 Å². The van der Waals surface area contributed by atoms with E-state index in [1.165, 1.54) is 7.11 Å². The predicted molar refractivity (Wildman–Crippen MR) is 123 cm³/mol. The van der Waals surface area contributed by atoms with Crippen molar-refractivity contribution in [1.82, 2.24) is 4.90 Å². The van der Waals surface area contributed by atoms with Gasteiger partial charge in [0.1, 0.15) is 13.2 Å². The first-order valence-corrected chi connectivity index (χ1v) is 11.1. The van der Waals surface area contributed by atoms with E-state index in [2.05, 4.69) is 0 Å². The summed E-state index contributed by atoms with van der Waals surface area (Å²) in [4.78, 5) is 37.4. The highest BCUT2D eigenvalue weighted by Gasteiger charge is 2.36. The van der Waals surface area contributed by atoms with Gasteiger partial charge in [-0.1, -0.05) is 35.3 Å². The van der Waals surface area contributed by atoms with Crippen molar-refractivity contribution >= 4 is 58.2 Å². The highest BCUT2D eigenvalue weighted by Crippen LogP contribution is 2.35. The number of amides is 2. The molecule has 2 aromatic rings. The Kier molecular flexibility index (Phi) is 8.06. The Hall–Kier alpha value is -2.68. The number of hydrogen-bond donors (Lipinski definition) is 0. The molecule has 0 saturated carbocycles. The third-order valence-electron chi connectivity index (χ3n) is 4.39. The molecule has 10 heteroatoms. The van der Waals surface area contributed by atoms with Crippen LogP contribution < -0.4 is 9.47 Å². The molecule has 32 heavy (non-hydrogen) atoms. The van der Waals surface area contributed by atoms with Crippen LogP contribution in [0.2, 0.25) is 10.0 Å². The molecule has 0 N–H and O–H groups in total. The van der Waals surface area contributed by atoms with Crippen LogP contribution in [0.5, 0.6) is 11.5 Å². The Labute approximate surface area is 199 Å². The maximum absolute atomic E-state index is 12.5. The lowest BCUT2D eigenvalue weighted by molar-refractivity contribution is -0.145. The Morgan fingerprint density at radius 3 is 2.50 bits per heavy atom. The second-order valence-corrected chi connectivity index (χ2v) is 8.28. The van der Waals surface area contributed by atoms with E-state index in [1.54, 1.807) is 49.4 Å². The smallest absolute Gasteiger partial charge is 0.326 e. The number of ether oxygens (including phenoxy) is 3. The molecule has 0 aromatic heterocycles.